The SMILES string of the molecule is CCN(C)C(=O)CC1CC2CCC(C1)N2.Cl. The molecule has 2 unspecified atom stereocenters. The Labute approximate surface area is 104 Å². The highest BCUT2D eigenvalue weighted by molar-refractivity contribution is 5.85. The second kappa shape index (κ2) is 5.87. The van der Waals surface area contributed by atoms with Crippen molar-refractivity contribution in [1.29, 1.82) is 0 Å². The van der Waals surface area contributed by atoms with Crippen LogP contribution in [0, 0.1) is 5.92 Å². The molecule has 2 saturated heterocycles. The Kier molecular flexibility index (Phi) is 5.06. The molecule has 1 N–H and O–H groups in total. The van der Waals surface area contributed by atoms with E-state index in [-0.39, 0.29) is 12.4 Å². The molecule has 94 valence electrons. The summed E-state index contributed by atoms with van der Waals surface area (Å²) in [7, 11) is 1.90. The first-order valence-electron chi connectivity index (χ1n) is 6.19. The summed E-state index contributed by atoms with van der Waals surface area (Å²) < 4.78 is 0. The molecule has 4 heteroatoms. The molecule has 2 rings (SSSR count). The maximum atomic E-state index is 11.8. The molecule has 16 heavy (non-hydrogen) atoms. The smallest absolute Gasteiger partial charge is 0.222 e. The highest BCUT2D eigenvalue weighted by Gasteiger charge is 2.34. The summed E-state index contributed by atoms with van der Waals surface area (Å²) in [5.41, 5.74) is 0. The summed E-state index contributed by atoms with van der Waals surface area (Å²) in [6, 6.07) is 1.40. The number of rotatable bonds is 3. The molecular formula is C12H23ClN2O. The molecule has 3 nitrogen and oxygen atoms in total. The summed E-state index contributed by atoms with van der Waals surface area (Å²) in [4.78, 5) is 13.6. The summed E-state index contributed by atoms with van der Waals surface area (Å²) >= 11 is 0. The van der Waals surface area contributed by atoms with E-state index in [0.717, 1.165) is 13.0 Å². The lowest BCUT2D eigenvalue weighted by Gasteiger charge is -2.29. The quantitative estimate of drug-likeness (QED) is 0.824. The van der Waals surface area contributed by atoms with Crippen LogP contribution in [0.15, 0.2) is 0 Å². The minimum absolute atomic E-state index is 0. The number of carbonyl (C=O) groups is 1. The maximum absolute atomic E-state index is 11.8. The van der Waals surface area contributed by atoms with Gasteiger partial charge in [-0.05, 0) is 38.5 Å². The zero-order valence-electron chi connectivity index (χ0n) is 10.2. The molecule has 0 aromatic rings. The molecular weight excluding hydrogens is 224 g/mol. The maximum Gasteiger partial charge on any atom is 0.222 e. The number of nitrogens with one attached hydrogen (secondary N) is 1. The van der Waals surface area contributed by atoms with Crippen LogP contribution in [0.5, 0.6) is 0 Å². The number of hydrogen-bond acceptors (Lipinski definition) is 2. The predicted molar refractivity (Wildman–Crippen MR) is 67.8 cm³/mol. The lowest BCUT2D eigenvalue weighted by atomic mass is 9.89. The first-order chi connectivity index (χ1) is 7.19. The lowest BCUT2D eigenvalue weighted by Crippen LogP contribution is -2.40. The van der Waals surface area contributed by atoms with Crippen molar-refractivity contribution in [3.8, 4) is 0 Å². The fraction of sp³-hybridized carbons (Fsp3) is 0.917. The van der Waals surface area contributed by atoms with Crippen LogP contribution in [0.3, 0.4) is 0 Å². The molecule has 0 aliphatic carbocycles. The molecule has 0 aromatic heterocycles. The first-order valence-corrected chi connectivity index (χ1v) is 6.19. The zero-order valence-corrected chi connectivity index (χ0v) is 11.1. The number of hydrogen-bond donors (Lipinski definition) is 1. The van der Waals surface area contributed by atoms with E-state index in [2.05, 4.69) is 5.32 Å². The molecule has 0 saturated carbocycles. The highest BCUT2D eigenvalue weighted by Crippen LogP contribution is 2.32. The van der Waals surface area contributed by atoms with E-state index < -0.39 is 0 Å². The molecule has 2 bridgehead atoms. The van der Waals surface area contributed by atoms with Crippen LogP contribution in [-0.4, -0.2) is 36.5 Å². The predicted octanol–water partition coefficient (Wildman–Crippen LogP) is 1.81. The standard InChI is InChI=1S/C12H22N2O.ClH/c1-3-14(2)12(15)8-9-6-10-4-5-11(7-9)13-10;/h9-11,13H,3-8H2,1-2H3;1H. The van der Waals surface area contributed by atoms with Crippen LogP contribution in [0.25, 0.3) is 0 Å². The van der Waals surface area contributed by atoms with Crippen molar-refractivity contribution in [3.05, 3.63) is 0 Å². The summed E-state index contributed by atoms with van der Waals surface area (Å²) in [6.07, 6.45) is 5.82. The Morgan fingerprint density at radius 3 is 2.38 bits per heavy atom. The summed E-state index contributed by atoms with van der Waals surface area (Å²) in [5, 5.41) is 3.61. The van der Waals surface area contributed by atoms with Crippen LogP contribution >= 0.6 is 12.4 Å². The van der Waals surface area contributed by atoms with E-state index in [1.807, 2.05) is 18.9 Å². The van der Waals surface area contributed by atoms with Gasteiger partial charge in [0.05, 0.1) is 0 Å². The Hall–Kier alpha value is -0.280. The number of amides is 1. The van der Waals surface area contributed by atoms with Gasteiger partial charge in [0.1, 0.15) is 0 Å². The third kappa shape index (κ3) is 3.11. The number of halogens is 1. The van der Waals surface area contributed by atoms with Gasteiger partial charge in [-0.2, -0.15) is 0 Å². The van der Waals surface area contributed by atoms with Gasteiger partial charge in [0.2, 0.25) is 5.91 Å². The van der Waals surface area contributed by atoms with Gasteiger partial charge in [0.15, 0.2) is 0 Å². The average Bonchev–Trinajstić information content (AvgIpc) is 2.57. The molecule has 2 aliphatic rings. The van der Waals surface area contributed by atoms with Gasteiger partial charge in [-0.25, -0.2) is 0 Å². The zero-order chi connectivity index (χ0) is 10.8. The Balaban J connectivity index is 0.00000128. The number of carbonyl (C=O) groups excluding carboxylic acids is 1. The van der Waals surface area contributed by atoms with Crippen molar-refractivity contribution < 1.29 is 4.79 Å². The minimum Gasteiger partial charge on any atom is -0.346 e. The number of nitrogens with zero attached hydrogens (tertiary/aromatic N) is 1. The second-order valence-corrected chi connectivity index (χ2v) is 5.09. The van der Waals surface area contributed by atoms with Gasteiger partial charge in [-0.15, -0.1) is 12.4 Å². The second-order valence-electron chi connectivity index (χ2n) is 5.09. The van der Waals surface area contributed by atoms with Gasteiger partial charge in [-0.1, -0.05) is 0 Å². The van der Waals surface area contributed by atoms with E-state index in [0.29, 0.717) is 23.9 Å². The average molecular weight is 247 g/mol. The van der Waals surface area contributed by atoms with Crippen molar-refractivity contribution in [3.63, 3.8) is 0 Å². The topological polar surface area (TPSA) is 32.3 Å². The number of fused-ring (bicyclic) bond motifs is 2. The van der Waals surface area contributed by atoms with Crippen molar-refractivity contribution in [2.45, 2.75) is 51.1 Å². The molecule has 2 atom stereocenters. The molecule has 1 amide bonds. The van der Waals surface area contributed by atoms with E-state index in [1.165, 1.54) is 25.7 Å². The first kappa shape index (κ1) is 13.8. The molecule has 0 aromatic carbocycles. The van der Waals surface area contributed by atoms with Gasteiger partial charge in [-0.3, -0.25) is 4.79 Å². The van der Waals surface area contributed by atoms with E-state index in [1.54, 1.807) is 0 Å². The van der Waals surface area contributed by atoms with E-state index in [9.17, 15) is 4.79 Å². The Morgan fingerprint density at radius 1 is 1.31 bits per heavy atom. The third-order valence-electron chi connectivity index (χ3n) is 3.93. The van der Waals surface area contributed by atoms with Crippen molar-refractivity contribution in [2.75, 3.05) is 13.6 Å². The van der Waals surface area contributed by atoms with E-state index >= 15 is 0 Å². The minimum atomic E-state index is 0. The number of piperidine rings is 1. The lowest BCUT2D eigenvalue weighted by molar-refractivity contribution is -0.131. The van der Waals surface area contributed by atoms with Crippen LogP contribution in [0.2, 0.25) is 0 Å². The van der Waals surface area contributed by atoms with Gasteiger partial charge in [0, 0.05) is 32.1 Å². The van der Waals surface area contributed by atoms with E-state index in [4.69, 9.17) is 0 Å². The molecule has 0 radical (unpaired) electrons. The Morgan fingerprint density at radius 2 is 1.88 bits per heavy atom. The van der Waals surface area contributed by atoms with Gasteiger partial charge < -0.3 is 10.2 Å². The highest BCUT2D eigenvalue weighted by atomic mass is 35.5. The Bertz CT molecular complexity index is 235. The van der Waals surface area contributed by atoms with Gasteiger partial charge >= 0.3 is 0 Å². The van der Waals surface area contributed by atoms with Crippen molar-refractivity contribution in [1.82, 2.24) is 10.2 Å². The third-order valence-corrected chi connectivity index (χ3v) is 3.93. The monoisotopic (exact) mass is 246 g/mol. The van der Waals surface area contributed by atoms with Crippen molar-refractivity contribution in [2.24, 2.45) is 5.92 Å². The molecule has 0 spiro atoms. The van der Waals surface area contributed by atoms with Crippen LogP contribution in [-0.2, 0) is 4.79 Å². The fourth-order valence-corrected chi connectivity index (χ4v) is 2.92. The molecule has 2 aliphatic heterocycles. The van der Waals surface area contributed by atoms with Gasteiger partial charge in [0.25, 0.3) is 0 Å². The van der Waals surface area contributed by atoms with Crippen LogP contribution in [0.4, 0.5) is 0 Å². The van der Waals surface area contributed by atoms with Crippen LogP contribution < -0.4 is 5.32 Å². The van der Waals surface area contributed by atoms with Crippen molar-refractivity contribution >= 4 is 18.3 Å². The normalized spacial score (nSPS) is 32.0. The summed E-state index contributed by atoms with van der Waals surface area (Å²) in [5.74, 6) is 0.953. The fourth-order valence-electron chi connectivity index (χ4n) is 2.92. The van der Waals surface area contributed by atoms with Crippen LogP contribution in [0.1, 0.15) is 39.0 Å². The molecule has 2 heterocycles. The summed E-state index contributed by atoms with van der Waals surface area (Å²) in [6.45, 7) is 2.86. The largest absolute Gasteiger partial charge is 0.346 e. The molecule has 2 fully saturated rings.